The Kier molecular flexibility index (Phi) is 5.51. The topological polar surface area (TPSA) is 89.4 Å². The molecule has 8 heteroatoms. The molecule has 7 nitrogen and oxygen atoms in total. The zero-order valence-electron chi connectivity index (χ0n) is 17.2. The number of anilines is 1. The summed E-state index contributed by atoms with van der Waals surface area (Å²) < 4.78 is 11.5. The minimum absolute atomic E-state index is 0.0641. The molecule has 1 atom stereocenters. The van der Waals surface area contributed by atoms with Crippen LogP contribution in [0.2, 0.25) is 0 Å². The molecule has 3 aromatic carbocycles. The molecular formula is C24H20N4O3S. The predicted octanol–water partition coefficient (Wildman–Crippen LogP) is 5.05. The summed E-state index contributed by atoms with van der Waals surface area (Å²) in [4.78, 5) is 4.67. The Balaban J connectivity index is 1.51. The van der Waals surface area contributed by atoms with Crippen molar-refractivity contribution in [2.24, 2.45) is 0 Å². The lowest BCUT2D eigenvalue weighted by Gasteiger charge is -2.20. The van der Waals surface area contributed by atoms with E-state index in [1.807, 2.05) is 42.5 Å². The Morgan fingerprint density at radius 1 is 1.03 bits per heavy atom. The highest BCUT2D eigenvalue weighted by Crippen LogP contribution is 2.40. The second-order valence-electron chi connectivity index (χ2n) is 7.14. The highest BCUT2D eigenvalue weighted by Gasteiger charge is 2.26. The molecule has 1 aliphatic heterocycles. The molecule has 4 aromatic rings. The first kappa shape index (κ1) is 20.1. The number of ether oxygens (including phenoxy) is 2. The van der Waals surface area contributed by atoms with Gasteiger partial charge >= 0.3 is 0 Å². The third kappa shape index (κ3) is 4.04. The zero-order chi connectivity index (χ0) is 21.9. The standard InChI is InChI=1S/C24H20N4O3S/c1-30-20-13-16(11-12-19(20)29)22-25-18-10-6-5-9-17(18)21-23(31-22)26-24(28-27-21)32-14-15-7-3-2-4-8-15/h2-13,22,25,29H,14H2,1H3. The summed E-state index contributed by atoms with van der Waals surface area (Å²) in [6, 6.07) is 23.0. The number of hydrogen-bond donors (Lipinski definition) is 2. The van der Waals surface area contributed by atoms with Gasteiger partial charge in [0, 0.05) is 22.6 Å². The number of phenols is 1. The van der Waals surface area contributed by atoms with Gasteiger partial charge in [0.2, 0.25) is 11.0 Å². The summed E-state index contributed by atoms with van der Waals surface area (Å²) in [5.74, 6) is 1.55. The van der Waals surface area contributed by atoms with Crippen LogP contribution >= 0.6 is 11.8 Å². The van der Waals surface area contributed by atoms with E-state index in [0.29, 0.717) is 22.5 Å². The lowest BCUT2D eigenvalue weighted by atomic mass is 10.1. The molecule has 0 saturated carbocycles. The van der Waals surface area contributed by atoms with Crippen molar-refractivity contribution in [3.05, 3.63) is 83.9 Å². The molecule has 2 heterocycles. The maximum absolute atomic E-state index is 9.97. The molecule has 0 aliphatic carbocycles. The average molecular weight is 445 g/mol. The fourth-order valence-corrected chi connectivity index (χ4v) is 4.17. The van der Waals surface area contributed by atoms with Gasteiger partial charge in [0.1, 0.15) is 0 Å². The minimum Gasteiger partial charge on any atom is -0.504 e. The SMILES string of the molecule is COc1cc(C2Nc3ccccc3-c3nnc(SCc4ccccc4)nc3O2)ccc1O. The number of para-hydroxylation sites is 1. The van der Waals surface area contributed by atoms with E-state index in [4.69, 9.17) is 9.47 Å². The summed E-state index contributed by atoms with van der Waals surface area (Å²) in [5, 5.41) is 22.7. The van der Waals surface area contributed by atoms with Crippen LogP contribution in [0, 0.1) is 0 Å². The first-order valence-corrected chi connectivity index (χ1v) is 11.0. The number of methoxy groups -OCH3 is 1. The van der Waals surface area contributed by atoms with Gasteiger partial charge in [-0.15, -0.1) is 10.2 Å². The van der Waals surface area contributed by atoms with Crippen molar-refractivity contribution in [1.29, 1.82) is 0 Å². The normalized spacial score (nSPS) is 14.3. The molecule has 0 saturated heterocycles. The second kappa shape index (κ2) is 8.76. The molecule has 0 fully saturated rings. The van der Waals surface area contributed by atoms with Crippen molar-refractivity contribution < 1.29 is 14.6 Å². The summed E-state index contributed by atoms with van der Waals surface area (Å²) in [5.41, 5.74) is 4.24. The molecule has 0 bridgehead atoms. The molecule has 0 spiro atoms. The van der Waals surface area contributed by atoms with E-state index in [-0.39, 0.29) is 5.75 Å². The van der Waals surface area contributed by atoms with Crippen LogP contribution in [-0.4, -0.2) is 27.4 Å². The fraction of sp³-hybridized carbons (Fsp3) is 0.125. The van der Waals surface area contributed by atoms with Gasteiger partial charge in [0.05, 0.1) is 7.11 Å². The second-order valence-corrected chi connectivity index (χ2v) is 8.08. The van der Waals surface area contributed by atoms with Crippen molar-refractivity contribution in [3.8, 4) is 28.6 Å². The van der Waals surface area contributed by atoms with Gasteiger partial charge in [-0.05, 0) is 29.8 Å². The van der Waals surface area contributed by atoms with E-state index in [1.54, 1.807) is 18.2 Å². The Morgan fingerprint density at radius 2 is 1.84 bits per heavy atom. The molecule has 1 aliphatic rings. The number of rotatable bonds is 5. The van der Waals surface area contributed by atoms with Crippen LogP contribution < -0.4 is 14.8 Å². The van der Waals surface area contributed by atoms with Crippen LogP contribution in [0.5, 0.6) is 17.4 Å². The molecule has 5 rings (SSSR count). The fourth-order valence-electron chi connectivity index (χ4n) is 3.44. The van der Waals surface area contributed by atoms with Gasteiger partial charge in [-0.25, -0.2) is 0 Å². The molecule has 32 heavy (non-hydrogen) atoms. The number of hydrogen-bond acceptors (Lipinski definition) is 8. The van der Waals surface area contributed by atoms with E-state index in [1.165, 1.54) is 24.4 Å². The van der Waals surface area contributed by atoms with E-state index in [0.717, 1.165) is 22.6 Å². The Labute approximate surface area is 189 Å². The summed E-state index contributed by atoms with van der Waals surface area (Å²) in [6.07, 6.45) is -0.560. The van der Waals surface area contributed by atoms with Gasteiger partial charge in [-0.1, -0.05) is 60.3 Å². The first-order chi connectivity index (χ1) is 15.7. The van der Waals surface area contributed by atoms with Crippen LogP contribution in [0.3, 0.4) is 0 Å². The smallest absolute Gasteiger partial charge is 0.247 e. The van der Waals surface area contributed by atoms with Crippen molar-refractivity contribution in [3.63, 3.8) is 0 Å². The molecule has 160 valence electrons. The maximum atomic E-state index is 9.97. The molecule has 2 N–H and O–H groups in total. The zero-order valence-corrected chi connectivity index (χ0v) is 18.0. The number of aromatic hydroxyl groups is 1. The molecular weight excluding hydrogens is 424 g/mol. The van der Waals surface area contributed by atoms with E-state index in [9.17, 15) is 5.11 Å². The highest BCUT2D eigenvalue weighted by molar-refractivity contribution is 7.98. The summed E-state index contributed by atoms with van der Waals surface area (Å²) >= 11 is 1.50. The Morgan fingerprint density at radius 3 is 2.69 bits per heavy atom. The third-order valence-electron chi connectivity index (χ3n) is 5.05. The molecule has 1 aromatic heterocycles. The molecule has 1 unspecified atom stereocenters. The number of nitrogens with one attached hydrogen (secondary N) is 1. The van der Waals surface area contributed by atoms with Crippen molar-refractivity contribution in [1.82, 2.24) is 15.2 Å². The number of benzene rings is 3. The number of fused-ring (bicyclic) bond motifs is 3. The van der Waals surface area contributed by atoms with Crippen LogP contribution in [0.4, 0.5) is 5.69 Å². The van der Waals surface area contributed by atoms with Gasteiger partial charge in [-0.3, -0.25) is 0 Å². The lowest BCUT2D eigenvalue weighted by molar-refractivity contribution is 0.224. The minimum atomic E-state index is -0.560. The van der Waals surface area contributed by atoms with Crippen LogP contribution in [0.25, 0.3) is 11.3 Å². The highest BCUT2D eigenvalue weighted by atomic mass is 32.2. The van der Waals surface area contributed by atoms with Crippen molar-refractivity contribution in [2.75, 3.05) is 12.4 Å². The van der Waals surface area contributed by atoms with Crippen molar-refractivity contribution >= 4 is 17.4 Å². The average Bonchev–Trinajstić information content (AvgIpc) is 3.00. The van der Waals surface area contributed by atoms with Crippen LogP contribution in [0.15, 0.2) is 78.0 Å². The number of nitrogens with zero attached hydrogens (tertiary/aromatic N) is 3. The summed E-state index contributed by atoms with van der Waals surface area (Å²) in [6.45, 7) is 0. The number of thioether (sulfide) groups is 1. The lowest BCUT2D eigenvalue weighted by Crippen LogP contribution is -2.17. The van der Waals surface area contributed by atoms with E-state index >= 15 is 0 Å². The van der Waals surface area contributed by atoms with E-state index < -0.39 is 6.23 Å². The van der Waals surface area contributed by atoms with Gasteiger partial charge in [0.25, 0.3) is 0 Å². The molecule has 0 amide bonds. The van der Waals surface area contributed by atoms with Gasteiger partial charge in [-0.2, -0.15) is 4.98 Å². The predicted molar refractivity (Wildman–Crippen MR) is 123 cm³/mol. The Hall–Kier alpha value is -3.78. The van der Waals surface area contributed by atoms with Gasteiger partial charge < -0.3 is 19.9 Å². The maximum Gasteiger partial charge on any atom is 0.247 e. The third-order valence-corrected chi connectivity index (χ3v) is 5.96. The number of phenolic OH excluding ortho intramolecular Hbond substituents is 1. The quantitative estimate of drug-likeness (QED) is 0.414. The van der Waals surface area contributed by atoms with Crippen LogP contribution in [-0.2, 0) is 5.75 Å². The van der Waals surface area contributed by atoms with Crippen molar-refractivity contribution in [2.45, 2.75) is 17.1 Å². The first-order valence-electron chi connectivity index (χ1n) is 10.0. The monoisotopic (exact) mass is 444 g/mol. The Bertz CT molecular complexity index is 1250. The van der Waals surface area contributed by atoms with Crippen LogP contribution in [0.1, 0.15) is 17.4 Å². The van der Waals surface area contributed by atoms with E-state index in [2.05, 4.69) is 32.6 Å². The summed E-state index contributed by atoms with van der Waals surface area (Å²) in [7, 11) is 1.51. The largest absolute Gasteiger partial charge is 0.504 e. The number of aromatic nitrogens is 3. The molecule has 0 radical (unpaired) electrons. The van der Waals surface area contributed by atoms with Gasteiger partial charge in [0.15, 0.2) is 23.4 Å².